The zero-order chi connectivity index (χ0) is 24.7. The molecule has 0 radical (unpaired) electrons. The van der Waals surface area contributed by atoms with E-state index in [9.17, 15) is 13.2 Å². The molecule has 6 nitrogen and oxygen atoms in total. The summed E-state index contributed by atoms with van der Waals surface area (Å²) in [5, 5.41) is 3.15. The van der Waals surface area contributed by atoms with Gasteiger partial charge in [-0.3, -0.25) is 4.79 Å². The highest BCUT2D eigenvalue weighted by atomic mass is 32.2. The van der Waals surface area contributed by atoms with Gasteiger partial charge in [-0.2, -0.15) is 4.31 Å². The molecule has 1 aliphatic heterocycles. The van der Waals surface area contributed by atoms with E-state index < -0.39 is 10.0 Å². The fourth-order valence-electron chi connectivity index (χ4n) is 4.50. The van der Waals surface area contributed by atoms with Crippen LogP contribution in [-0.4, -0.2) is 38.8 Å². The smallest absolute Gasteiger partial charge is 0.243 e. The lowest BCUT2D eigenvalue weighted by atomic mass is 9.98. The Bertz CT molecular complexity index is 1180. The summed E-state index contributed by atoms with van der Waals surface area (Å²) in [6, 6.07) is 24.4. The van der Waals surface area contributed by atoms with Gasteiger partial charge in [-0.1, -0.05) is 67.1 Å². The molecule has 1 aliphatic rings. The molecular weight excluding hydrogens is 460 g/mol. The van der Waals surface area contributed by atoms with Gasteiger partial charge in [0, 0.05) is 19.5 Å². The summed E-state index contributed by atoms with van der Waals surface area (Å²) in [4.78, 5) is 13.3. The number of methoxy groups -OCH3 is 1. The summed E-state index contributed by atoms with van der Waals surface area (Å²) in [6.45, 7) is 1.10. The van der Waals surface area contributed by atoms with Crippen LogP contribution in [-0.2, 0) is 21.2 Å². The summed E-state index contributed by atoms with van der Waals surface area (Å²) in [5.41, 5.74) is 2.70. The third-order valence-corrected chi connectivity index (χ3v) is 8.29. The fraction of sp³-hybridized carbons (Fsp3) is 0.321. The van der Waals surface area contributed by atoms with Crippen molar-refractivity contribution in [2.45, 2.75) is 43.0 Å². The van der Waals surface area contributed by atoms with E-state index in [0.29, 0.717) is 30.8 Å². The molecule has 1 N–H and O–H groups in total. The maximum absolute atomic E-state index is 13.1. The summed E-state index contributed by atoms with van der Waals surface area (Å²) in [6.07, 6.45) is 3.40. The molecule has 0 bridgehead atoms. The standard InChI is InChI=1S/C28H32N2O4S/c1-34-26-17-16-25(35(32,33)30-19-9-4-10-20-30)21-24(26)15-18-27(31)29-28(22-11-5-2-6-12-22)23-13-7-3-8-14-23/h2-3,5-8,11-14,16-17,21,28H,4,9-10,15,18-20H2,1H3,(H,29,31). The first kappa shape index (κ1) is 24.9. The number of carbonyl (C=O) groups is 1. The second-order valence-electron chi connectivity index (χ2n) is 8.76. The molecule has 184 valence electrons. The fourth-order valence-corrected chi connectivity index (χ4v) is 6.06. The van der Waals surface area contributed by atoms with Crippen molar-refractivity contribution in [3.8, 4) is 5.75 Å². The SMILES string of the molecule is COc1ccc(S(=O)(=O)N2CCCCC2)cc1CCC(=O)NC(c1ccccc1)c1ccccc1. The Morgan fingerprint density at radius 3 is 2.09 bits per heavy atom. The maximum Gasteiger partial charge on any atom is 0.243 e. The van der Waals surface area contributed by atoms with E-state index >= 15 is 0 Å². The van der Waals surface area contributed by atoms with Crippen LogP contribution >= 0.6 is 0 Å². The molecule has 3 aromatic rings. The van der Waals surface area contributed by atoms with Crippen LogP contribution in [0.25, 0.3) is 0 Å². The lowest BCUT2D eigenvalue weighted by molar-refractivity contribution is -0.121. The van der Waals surface area contributed by atoms with Gasteiger partial charge >= 0.3 is 0 Å². The van der Waals surface area contributed by atoms with Crippen molar-refractivity contribution in [3.63, 3.8) is 0 Å². The van der Waals surface area contributed by atoms with Crippen molar-refractivity contribution in [2.75, 3.05) is 20.2 Å². The molecule has 3 aromatic carbocycles. The number of ether oxygens (including phenoxy) is 1. The van der Waals surface area contributed by atoms with E-state index in [4.69, 9.17) is 4.74 Å². The molecule has 4 rings (SSSR count). The number of hydrogen-bond acceptors (Lipinski definition) is 4. The van der Waals surface area contributed by atoms with Gasteiger partial charge in [0.1, 0.15) is 5.75 Å². The highest BCUT2D eigenvalue weighted by molar-refractivity contribution is 7.89. The van der Waals surface area contributed by atoms with Gasteiger partial charge in [0.2, 0.25) is 15.9 Å². The Kier molecular flexibility index (Phi) is 8.21. The third kappa shape index (κ3) is 6.10. The Balaban J connectivity index is 1.50. The van der Waals surface area contributed by atoms with E-state index in [1.807, 2.05) is 60.7 Å². The number of amides is 1. The summed E-state index contributed by atoms with van der Waals surface area (Å²) in [5.74, 6) is 0.465. The van der Waals surface area contributed by atoms with Crippen LogP contribution in [0.1, 0.15) is 48.4 Å². The number of nitrogens with zero attached hydrogens (tertiary/aromatic N) is 1. The predicted molar refractivity (Wildman–Crippen MR) is 137 cm³/mol. The molecule has 0 saturated carbocycles. The van der Waals surface area contributed by atoms with Gasteiger partial charge in [-0.15, -0.1) is 0 Å². The first-order chi connectivity index (χ1) is 17.0. The van der Waals surface area contributed by atoms with Gasteiger partial charge in [-0.05, 0) is 54.2 Å². The molecular formula is C28H32N2O4S. The third-order valence-electron chi connectivity index (χ3n) is 6.40. The van der Waals surface area contributed by atoms with Crippen molar-refractivity contribution >= 4 is 15.9 Å². The molecule has 0 spiro atoms. The first-order valence-electron chi connectivity index (χ1n) is 12.1. The van der Waals surface area contributed by atoms with Gasteiger partial charge in [0.05, 0.1) is 18.0 Å². The summed E-state index contributed by atoms with van der Waals surface area (Å²) in [7, 11) is -2.01. The van der Waals surface area contributed by atoms with Gasteiger partial charge in [0.15, 0.2) is 0 Å². The molecule has 1 saturated heterocycles. The second-order valence-corrected chi connectivity index (χ2v) is 10.7. The first-order valence-corrected chi connectivity index (χ1v) is 13.5. The molecule has 0 aliphatic carbocycles. The predicted octanol–water partition coefficient (Wildman–Crippen LogP) is 4.71. The largest absolute Gasteiger partial charge is 0.496 e. The molecule has 0 atom stereocenters. The quantitative estimate of drug-likeness (QED) is 0.470. The zero-order valence-electron chi connectivity index (χ0n) is 20.0. The van der Waals surface area contributed by atoms with E-state index in [1.165, 1.54) is 0 Å². The van der Waals surface area contributed by atoms with Crippen molar-refractivity contribution in [1.82, 2.24) is 9.62 Å². The van der Waals surface area contributed by atoms with Crippen molar-refractivity contribution < 1.29 is 17.9 Å². The van der Waals surface area contributed by atoms with Crippen molar-refractivity contribution in [3.05, 3.63) is 95.6 Å². The van der Waals surface area contributed by atoms with Crippen LogP contribution in [0, 0.1) is 0 Å². The molecule has 35 heavy (non-hydrogen) atoms. The minimum atomic E-state index is -3.56. The normalized spacial score (nSPS) is 14.6. The van der Waals surface area contributed by atoms with Crippen LogP contribution in [0.3, 0.4) is 0 Å². The number of nitrogens with one attached hydrogen (secondary N) is 1. The Morgan fingerprint density at radius 1 is 0.914 bits per heavy atom. The maximum atomic E-state index is 13.1. The van der Waals surface area contributed by atoms with Crippen molar-refractivity contribution in [2.24, 2.45) is 0 Å². The Hall–Kier alpha value is -3.16. The number of carbonyl (C=O) groups excluding carboxylic acids is 1. The average molecular weight is 493 g/mol. The molecule has 1 heterocycles. The minimum absolute atomic E-state index is 0.117. The highest BCUT2D eigenvalue weighted by Gasteiger charge is 2.27. The Labute approximate surface area is 208 Å². The van der Waals surface area contributed by atoms with E-state index in [-0.39, 0.29) is 23.3 Å². The van der Waals surface area contributed by atoms with Gasteiger partial charge in [-0.25, -0.2) is 8.42 Å². The minimum Gasteiger partial charge on any atom is -0.496 e. The lowest BCUT2D eigenvalue weighted by Gasteiger charge is -2.26. The van der Waals surface area contributed by atoms with Crippen molar-refractivity contribution in [1.29, 1.82) is 0 Å². The number of sulfonamides is 1. The average Bonchev–Trinajstić information content (AvgIpc) is 2.91. The molecule has 0 unspecified atom stereocenters. The molecule has 7 heteroatoms. The highest BCUT2D eigenvalue weighted by Crippen LogP contribution is 2.28. The lowest BCUT2D eigenvalue weighted by Crippen LogP contribution is -2.35. The van der Waals surface area contributed by atoms with E-state index in [1.54, 1.807) is 29.6 Å². The summed E-state index contributed by atoms with van der Waals surface area (Å²) < 4.78 is 33.3. The molecule has 1 fully saturated rings. The number of piperidine rings is 1. The van der Waals surface area contributed by atoms with Crippen LogP contribution < -0.4 is 10.1 Å². The van der Waals surface area contributed by atoms with Gasteiger partial charge in [0.25, 0.3) is 0 Å². The van der Waals surface area contributed by atoms with Crippen LogP contribution in [0.2, 0.25) is 0 Å². The number of aryl methyl sites for hydroxylation is 1. The molecule has 0 aromatic heterocycles. The van der Waals surface area contributed by atoms with E-state index in [0.717, 1.165) is 30.4 Å². The van der Waals surface area contributed by atoms with Crippen LogP contribution in [0.15, 0.2) is 83.8 Å². The topological polar surface area (TPSA) is 75.7 Å². The number of hydrogen-bond donors (Lipinski definition) is 1. The number of benzene rings is 3. The zero-order valence-corrected chi connectivity index (χ0v) is 20.8. The monoisotopic (exact) mass is 492 g/mol. The van der Waals surface area contributed by atoms with Gasteiger partial charge < -0.3 is 10.1 Å². The Morgan fingerprint density at radius 2 is 1.51 bits per heavy atom. The van der Waals surface area contributed by atoms with Crippen LogP contribution in [0.5, 0.6) is 5.75 Å². The summed E-state index contributed by atoms with van der Waals surface area (Å²) >= 11 is 0. The second kappa shape index (κ2) is 11.5. The van der Waals surface area contributed by atoms with E-state index in [2.05, 4.69) is 5.32 Å². The van der Waals surface area contributed by atoms with Crippen LogP contribution in [0.4, 0.5) is 0 Å². The number of rotatable bonds is 9. The molecule has 1 amide bonds.